The fourth-order valence-corrected chi connectivity index (χ4v) is 9.16. The van der Waals surface area contributed by atoms with E-state index in [1.54, 1.807) is 44.9 Å². The lowest BCUT2D eigenvalue weighted by Gasteiger charge is -2.36. The predicted molar refractivity (Wildman–Crippen MR) is 257 cm³/mol. The first-order valence-electron chi connectivity index (χ1n) is 23.1. The molecule has 1 saturated heterocycles. The number of amides is 1. The number of nitrogens with zero attached hydrogens (tertiary/aromatic N) is 4. The number of hydrogen-bond acceptors (Lipinski definition) is 17. The van der Waals surface area contributed by atoms with Crippen LogP contribution in [0.15, 0.2) is 76.1 Å². The molecule has 4 aromatic rings. The van der Waals surface area contributed by atoms with Crippen LogP contribution in [0, 0.1) is 30.6 Å². The van der Waals surface area contributed by atoms with Gasteiger partial charge in [-0.3, -0.25) is 19.5 Å². The van der Waals surface area contributed by atoms with Gasteiger partial charge in [0.1, 0.15) is 22.9 Å². The Kier molecular flexibility index (Phi) is 15.2. The van der Waals surface area contributed by atoms with Crippen LogP contribution in [0.1, 0.15) is 74.4 Å². The number of aliphatic hydroxyl groups is 4. The van der Waals surface area contributed by atoms with E-state index in [1.165, 1.54) is 52.5 Å². The monoisotopic (exact) mass is 953 g/mol. The molecule has 5 bridgehead atoms. The molecule has 5 heterocycles. The minimum Gasteiger partial charge on any atom is -0.507 e. The number of benzene rings is 3. The molecule has 3 aromatic carbocycles. The molecule has 18 nitrogen and oxygen atoms in total. The lowest BCUT2D eigenvalue weighted by molar-refractivity contribution is -0.112. The summed E-state index contributed by atoms with van der Waals surface area (Å²) in [5.74, 6) is -7.25. The summed E-state index contributed by atoms with van der Waals surface area (Å²) in [4.78, 5) is 30.6. The van der Waals surface area contributed by atoms with Crippen LogP contribution in [0.4, 0.5) is 5.69 Å². The molecule has 0 spiro atoms. The number of carbonyl (C=O) groups excluding carboxylic acids is 2. The lowest BCUT2D eigenvalue weighted by Crippen LogP contribution is -2.44. The Bertz CT molecular complexity index is 2670. The lowest BCUT2D eigenvalue weighted by atomic mass is 9.78. The standard InChI is InChI=1S/C51H63N5O13/c1-26-10-9-11-27(2)50(65)53-41-35(23-52-56-19-17-55(18-20-56)24-34-22-36(54-69-34)33-14-12-32(25-57)13-15-33)46(62)38-39(47(41)63)45(61)31(6)48-40(38)49(64)51(7,68-48)67-21-16-37(66-8)28(3)43(59)30(5)44(60)29(4)42(26)58/h9-16,21-23,26,28-30,37,42-44,57-63H,17-20,24-25H2,1-8H3,(H,53,65)/b10-9+,21-16+,27-11-,52-23+/t26-,28+,29+,30-,37-,42-,43+,44+,51-/m0/s1. The van der Waals surface area contributed by atoms with E-state index in [2.05, 4.69) is 20.5 Å². The summed E-state index contributed by atoms with van der Waals surface area (Å²) in [7, 11) is 1.43. The first-order valence-corrected chi connectivity index (χ1v) is 23.1. The summed E-state index contributed by atoms with van der Waals surface area (Å²) >= 11 is 0. The second-order valence-electron chi connectivity index (χ2n) is 18.5. The van der Waals surface area contributed by atoms with E-state index in [1.807, 2.05) is 30.3 Å². The van der Waals surface area contributed by atoms with Crippen molar-refractivity contribution in [2.24, 2.45) is 28.8 Å². The number of anilines is 1. The van der Waals surface area contributed by atoms with Gasteiger partial charge >= 0.3 is 5.79 Å². The Morgan fingerprint density at radius 1 is 0.899 bits per heavy atom. The average Bonchev–Trinajstić information content (AvgIpc) is 3.92. The second-order valence-corrected chi connectivity index (χ2v) is 18.5. The number of carbonyl (C=O) groups is 2. The molecule has 1 fully saturated rings. The maximum Gasteiger partial charge on any atom is 0.312 e. The maximum atomic E-state index is 14.5. The highest BCUT2D eigenvalue weighted by Gasteiger charge is 2.50. The molecule has 18 heteroatoms. The molecule has 0 unspecified atom stereocenters. The van der Waals surface area contributed by atoms with Crippen LogP contribution >= 0.6 is 0 Å². The summed E-state index contributed by atoms with van der Waals surface area (Å²) in [6.07, 6.45) is 4.64. The number of ether oxygens (including phenoxy) is 3. The third kappa shape index (κ3) is 10.1. The van der Waals surface area contributed by atoms with Crippen LogP contribution in [-0.2, 0) is 27.4 Å². The number of methoxy groups -OCH3 is 1. The van der Waals surface area contributed by atoms with E-state index < -0.39 is 82.8 Å². The van der Waals surface area contributed by atoms with Crippen molar-refractivity contribution in [3.63, 3.8) is 0 Å². The average molecular weight is 954 g/mol. The van der Waals surface area contributed by atoms with Crippen molar-refractivity contribution in [1.29, 1.82) is 0 Å². The summed E-state index contributed by atoms with van der Waals surface area (Å²) in [6, 6.07) is 9.27. The molecule has 1 amide bonds. The zero-order chi connectivity index (χ0) is 50.1. The normalized spacial score (nSPS) is 29.2. The van der Waals surface area contributed by atoms with E-state index in [0.29, 0.717) is 44.2 Å². The first-order chi connectivity index (χ1) is 32.8. The molecule has 69 heavy (non-hydrogen) atoms. The smallest absolute Gasteiger partial charge is 0.312 e. The van der Waals surface area contributed by atoms with Gasteiger partial charge in [0, 0.05) is 92.0 Å². The van der Waals surface area contributed by atoms with E-state index >= 15 is 0 Å². The Balaban J connectivity index is 1.24. The minimum absolute atomic E-state index is 0.0445. The number of piperazine rings is 1. The van der Waals surface area contributed by atoms with Gasteiger partial charge in [0.25, 0.3) is 11.7 Å². The van der Waals surface area contributed by atoms with Crippen LogP contribution in [0.3, 0.4) is 0 Å². The number of phenols is 3. The molecular weight excluding hydrogens is 891 g/mol. The third-order valence-corrected chi connectivity index (χ3v) is 13.8. The van der Waals surface area contributed by atoms with Crippen LogP contribution in [0.25, 0.3) is 22.0 Å². The number of fused-ring (bicyclic) bond motifs is 14. The van der Waals surface area contributed by atoms with E-state index in [-0.39, 0.29) is 51.1 Å². The van der Waals surface area contributed by atoms with Crippen molar-refractivity contribution in [1.82, 2.24) is 15.1 Å². The van der Waals surface area contributed by atoms with Crippen molar-refractivity contribution >= 4 is 34.4 Å². The second kappa shape index (κ2) is 20.8. The number of hydrazone groups is 1. The molecule has 0 saturated carbocycles. The molecular formula is C51H63N5O13. The number of nitrogens with one attached hydrogen (secondary N) is 1. The molecule has 0 aliphatic carbocycles. The van der Waals surface area contributed by atoms with Gasteiger partial charge in [-0.25, -0.2) is 0 Å². The molecule has 8 N–H and O–H groups in total. The van der Waals surface area contributed by atoms with Gasteiger partial charge in [-0.2, -0.15) is 5.10 Å². The van der Waals surface area contributed by atoms with Gasteiger partial charge in [-0.05, 0) is 25.5 Å². The largest absolute Gasteiger partial charge is 0.507 e. The molecule has 4 aliphatic rings. The van der Waals surface area contributed by atoms with Gasteiger partial charge < -0.3 is 59.8 Å². The van der Waals surface area contributed by atoms with E-state index in [9.17, 15) is 45.3 Å². The minimum atomic E-state index is -2.05. The van der Waals surface area contributed by atoms with Gasteiger partial charge in [-0.15, -0.1) is 0 Å². The summed E-state index contributed by atoms with van der Waals surface area (Å²) in [5.41, 5.74) is 1.86. The van der Waals surface area contributed by atoms with Crippen LogP contribution in [0.2, 0.25) is 0 Å². The number of aliphatic hydroxyl groups excluding tert-OH is 4. The Morgan fingerprint density at radius 2 is 1.57 bits per heavy atom. The Labute approximate surface area is 400 Å². The highest BCUT2D eigenvalue weighted by atomic mass is 16.7. The van der Waals surface area contributed by atoms with Crippen molar-refractivity contribution in [3.05, 3.63) is 94.5 Å². The fourth-order valence-electron chi connectivity index (χ4n) is 9.16. The molecule has 370 valence electrons. The molecule has 8 rings (SSSR count). The van der Waals surface area contributed by atoms with Gasteiger partial charge in [-0.1, -0.05) is 75.3 Å². The Morgan fingerprint density at radius 3 is 2.23 bits per heavy atom. The quantitative estimate of drug-likeness (QED) is 0.0648. The third-order valence-electron chi connectivity index (χ3n) is 13.8. The maximum absolute atomic E-state index is 14.5. The SMILES string of the molecule is CO[C@H]1/C=C/O[C@@]2(C)Oc3c(C)c(O)c4c(O)c(c(/C=N/N5CCN(Cc6cc(-c7ccc(CO)cc7)no6)CC5)c(O)c4c3C2=O)NC(=O)/C(C)=C\C=C\[C@H](C)[C@H](O)[C@@H](C)[C@@H](O)[C@@H](C)[C@H](O)[C@@H]1C. The Hall–Kier alpha value is -6.28. The number of Topliss-reactive ketones (excluding diaryl/α,β-unsaturated/α-hetero) is 1. The number of aromatic hydroxyl groups is 3. The molecule has 9 atom stereocenters. The fraction of sp³-hybridized carbons (Fsp3) is 0.451. The molecule has 0 radical (unpaired) electrons. The zero-order valence-electron chi connectivity index (χ0n) is 40.1. The predicted octanol–water partition coefficient (Wildman–Crippen LogP) is 5.48. The van der Waals surface area contributed by atoms with Crippen molar-refractivity contribution < 1.29 is 64.1 Å². The number of hydrogen-bond donors (Lipinski definition) is 8. The summed E-state index contributed by atoms with van der Waals surface area (Å²) in [5, 5.41) is 92.2. The topological polar surface area (TPSA) is 260 Å². The molecule has 1 aromatic heterocycles. The summed E-state index contributed by atoms with van der Waals surface area (Å²) in [6.45, 7) is 13.6. The van der Waals surface area contributed by atoms with Crippen LogP contribution in [-0.4, -0.2) is 132 Å². The number of aromatic nitrogens is 1. The van der Waals surface area contributed by atoms with E-state index in [0.717, 1.165) is 11.1 Å². The van der Waals surface area contributed by atoms with Crippen LogP contribution < -0.4 is 10.1 Å². The number of ketones is 1. The number of phenolic OH excluding ortho intramolecular Hbond substituents is 3. The van der Waals surface area contributed by atoms with Crippen molar-refractivity contribution in [3.8, 4) is 34.3 Å². The summed E-state index contributed by atoms with van der Waals surface area (Å²) < 4.78 is 23.4. The number of rotatable bonds is 7. The highest BCUT2D eigenvalue weighted by Crippen LogP contribution is 2.55. The first kappa shape index (κ1) is 50.6. The van der Waals surface area contributed by atoms with Crippen molar-refractivity contribution in [2.45, 2.75) is 91.8 Å². The van der Waals surface area contributed by atoms with Gasteiger partial charge in [0.05, 0.1) is 72.2 Å². The number of allylic oxidation sites excluding steroid dienone is 2. The van der Waals surface area contributed by atoms with Crippen molar-refractivity contribution in [2.75, 3.05) is 38.6 Å². The van der Waals surface area contributed by atoms with Gasteiger partial charge in [0.15, 0.2) is 11.5 Å². The van der Waals surface area contributed by atoms with E-state index in [4.69, 9.17) is 18.7 Å². The molecule has 4 aliphatic heterocycles. The zero-order valence-corrected chi connectivity index (χ0v) is 40.1. The van der Waals surface area contributed by atoms with Crippen LogP contribution in [0.5, 0.6) is 23.0 Å². The van der Waals surface area contributed by atoms with Gasteiger partial charge in [0.2, 0.25) is 0 Å². The highest BCUT2D eigenvalue weighted by molar-refractivity contribution is 6.23.